The van der Waals surface area contributed by atoms with E-state index in [2.05, 4.69) is 41.0 Å². The number of aliphatic hydroxyl groups is 1. The third-order valence-electron chi connectivity index (χ3n) is 8.73. The van der Waals surface area contributed by atoms with E-state index >= 15 is 0 Å². The number of H-pyrrole nitrogens is 1. The van der Waals surface area contributed by atoms with E-state index < -0.39 is 42.1 Å². The summed E-state index contributed by atoms with van der Waals surface area (Å²) in [6.45, 7) is 8.13. The summed E-state index contributed by atoms with van der Waals surface area (Å²) in [5, 5.41) is 26.4. The van der Waals surface area contributed by atoms with Crippen molar-refractivity contribution in [1.29, 1.82) is 0 Å². The predicted octanol–water partition coefficient (Wildman–Crippen LogP) is 4.32. The summed E-state index contributed by atoms with van der Waals surface area (Å²) in [6.07, 6.45) is 9.91. The number of hydrogen-bond donors (Lipinski definition) is 5. The Kier molecular flexibility index (Phi) is 13.3. The summed E-state index contributed by atoms with van der Waals surface area (Å²) >= 11 is 0. The number of aromatic amines is 1. The summed E-state index contributed by atoms with van der Waals surface area (Å²) in [5.41, 5.74) is 1.37. The molecule has 1 fully saturated rings. The van der Waals surface area contributed by atoms with Gasteiger partial charge in [-0.2, -0.15) is 0 Å². The zero-order valence-corrected chi connectivity index (χ0v) is 25.7. The molecular formula is C33H49N5O5. The number of aliphatic hydroxyl groups excluding tert-OH is 1. The molecule has 1 aliphatic carbocycles. The highest BCUT2D eigenvalue weighted by Crippen LogP contribution is 2.30. The van der Waals surface area contributed by atoms with Gasteiger partial charge in [0.05, 0.1) is 24.2 Å². The van der Waals surface area contributed by atoms with Crippen LogP contribution in [0.25, 0.3) is 0 Å². The van der Waals surface area contributed by atoms with Crippen LogP contribution in [0.3, 0.4) is 0 Å². The lowest BCUT2D eigenvalue weighted by Crippen LogP contribution is -2.58. The lowest BCUT2D eigenvalue weighted by atomic mass is 9.81. The first kappa shape index (κ1) is 33.8. The van der Waals surface area contributed by atoms with Crippen molar-refractivity contribution in [1.82, 2.24) is 25.5 Å². The van der Waals surface area contributed by atoms with E-state index in [0.717, 1.165) is 31.2 Å². The number of nitrogens with zero attached hydrogens (tertiary/aromatic N) is 2. The molecule has 0 bridgehead atoms. The number of likely N-dealkylation sites (N-methyl/N-ethyl adjacent to an activating group) is 1. The van der Waals surface area contributed by atoms with Gasteiger partial charge in [0.25, 0.3) is 0 Å². The molecule has 0 aliphatic heterocycles. The van der Waals surface area contributed by atoms with E-state index in [1.165, 1.54) is 24.7 Å². The molecule has 236 valence electrons. The van der Waals surface area contributed by atoms with Crippen LogP contribution in [0.15, 0.2) is 55.5 Å². The molecule has 5 atom stereocenters. The smallest absolute Gasteiger partial charge is 0.405 e. The molecule has 0 saturated heterocycles. The van der Waals surface area contributed by atoms with Crippen LogP contribution in [0.2, 0.25) is 0 Å². The van der Waals surface area contributed by atoms with Crippen molar-refractivity contribution in [2.45, 2.75) is 95.9 Å². The molecule has 1 aromatic heterocycles. The van der Waals surface area contributed by atoms with Gasteiger partial charge in [0.2, 0.25) is 11.8 Å². The number of carboxylic acid groups (broad SMARTS) is 1. The fraction of sp³-hybridized carbons (Fsp3) is 0.576. The summed E-state index contributed by atoms with van der Waals surface area (Å²) < 4.78 is 0. The second kappa shape index (κ2) is 16.8. The van der Waals surface area contributed by atoms with Crippen LogP contribution < -0.4 is 10.6 Å². The van der Waals surface area contributed by atoms with Crippen LogP contribution >= 0.6 is 0 Å². The normalized spacial score (nSPS) is 17.3. The predicted molar refractivity (Wildman–Crippen MR) is 166 cm³/mol. The second-order valence-corrected chi connectivity index (χ2v) is 12.2. The Morgan fingerprint density at radius 1 is 1.12 bits per heavy atom. The monoisotopic (exact) mass is 595 g/mol. The number of carbonyl (C=O) groups excluding carboxylic acids is 2. The minimum atomic E-state index is -1.33. The molecule has 10 heteroatoms. The number of hydrogen-bond acceptors (Lipinski definition) is 5. The maximum absolute atomic E-state index is 14.1. The molecule has 1 saturated carbocycles. The van der Waals surface area contributed by atoms with Crippen LogP contribution in [0.1, 0.15) is 70.1 Å². The second-order valence-electron chi connectivity index (χ2n) is 12.2. The Balaban J connectivity index is 1.86. The van der Waals surface area contributed by atoms with E-state index in [-0.39, 0.29) is 24.7 Å². The Hall–Kier alpha value is -3.66. The van der Waals surface area contributed by atoms with Crippen molar-refractivity contribution in [2.24, 2.45) is 17.8 Å². The van der Waals surface area contributed by atoms with Crippen molar-refractivity contribution in [3.63, 3.8) is 0 Å². The third kappa shape index (κ3) is 10.5. The molecule has 0 spiro atoms. The number of imidazole rings is 1. The SMILES string of the molecule is C=C[C@@H](C[C@@H](O)[C@H](CC1CCCCC1)NC(=O)[C@@H](Cc1c[nH]cn1)N(C)C(=O)[C@H](Cc1ccccc1)NC(=O)O)C(C)C. The first-order valence-electron chi connectivity index (χ1n) is 15.5. The Morgan fingerprint density at radius 3 is 2.40 bits per heavy atom. The highest BCUT2D eigenvalue weighted by Gasteiger charge is 2.36. The van der Waals surface area contributed by atoms with Gasteiger partial charge in [-0.3, -0.25) is 9.59 Å². The zero-order valence-electron chi connectivity index (χ0n) is 25.7. The summed E-state index contributed by atoms with van der Waals surface area (Å²) in [6, 6.07) is 6.56. The first-order chi connectivity index (χ1) is 20.6. The molecule has 2 aromatic rings. The first-order valence-corrected chi connectivity index (χ1v) is 15.5. The quantitative estimate of drug-likeness (QED) is 0.183. The fourth-order valence-corrected chi connectivity index (χ4v) is 6.06. The van der Waals surface area contributed by atoms with Gasteiger partial charge < -0.3 is 30.7 Å². The van der Waals surface area contributed by atoms with Gasteiger partial charge in [0.1, 0.15) is 12.1 Å². The Bertz CT molecular complexity index is 1150. The van der Waals surface area contributed by atoms with Gasteiger partial charge >= 0.3 is 6.09 Å². The number of carbonyl (C=O) groups is 3. The van der Waals surface area contributed by atoms with Gasteiger partial charge in [-0.05, 0) is 36.2 Å². The number of rotatable bonds is 16. The highest BCUT2D eigenvalue weighted by atomic mass is 16.4. The van der Waals surface area contributed by atoms with E-state index in [1.54, 1.807) is 6.20 Å². The standard InChI is InChI=1S/C33H49N5O5/c1-5-25(22(2)3)18-30(39)27(16-23-12-8-6-9-13-23)36-31(40)29(19-26-20-34-21-35-26)38(4)32(41)28(37-33(42)43)17-24-14-10-7-11-15-24/h5,7,10-11,14-15,20-23,25,27-30,37,39H,1,6,8-9,12-13,16-19H2,2-4H3,(H,34,35)(H,36,40)(H,42,43)/t25-,27-,28-,29+,30+/m0/s1. The number of aromatic nitrogens is 2. The highest BCUT2D eigenvalue weighted by molar-refractivity contribution is 5.91. The minimum absolute atomic E-state index is 0.0886. The van der Waals surface area contributed by atoms with Gasteiger partial charge in [0, 0.05) is 26.1 Å². The van der Waals surface area contributed by atoms with Crippen LogP contribution in [-0.2, 0) is 22.4 Å². The van der Waals surface area contributed by atoms with Crippen LogP contribution in [0.4, 0.5) is 4.79 Å². The van der Waals surface area contributed by atoms with Crippen molar-refractivity contribution in [2.75, 3.05) is 7.05 Å². The molecule has 0 radical (unpaired) electrons. The Morgan fingerprint density at radius 2 is 1.81 bits per heavy atom. The molecule has 3 amide bonds. The van der Waals surface area contributed by atoms with Gasteiger partial charge in [-0.1, -0.05) is 82.4 Å². The third-order valence-corrected chi connectivity index (χ3v) is 8.73. The molecule has 1 aliphatic rings. The molecule has 43 heavy (non-hydrogen) atoms. The largest absolute Gasteiger partial charge is 0.465 e. The topological polar surface area (TPSA) is 148 Å². The van der Waals surface area contributed by atoms with Gasteiger partial charge in [-0.25, -0.2) is 9.78 Å². The van der Waals surface area contributed by atoms with E-state index in [1.807, 2.05) is 36.4 Å². The number of allylic oxidation sites excluding steroid dienone is 1. The van der Waals surface area contributed by atoms with E-state index in [4.69, 9.17) is 0 Å². The van der Waals surface area contributed by atoms with E-state index in [0.29, 0.717) is 24.5 Å². The van der Waals surface area contributed by atoms with Crippen molar-refractivity contribution in [3.05, 3.63) is 66.8 Å². The fourth-order valence-electron chi connectivity index (χ4n) is 6.06. The van der Waals surface area contributed by atoms with Crippen LogP contribution in [0, 0.1) is 17.8 Å². The number of nitrogens with one attached hydrogen (secondary N) is 3. The average molecular weight is 596 g/mol. The van der Waals surface area contributed by atoms with Gasteiger partial charge in [0.15, 0.2) is 0 Å². The number of benzene rings is 1. The molecular weight excluding hydrogens is 546 g/mol. The van der Waals surface area contributed by atoms with Crippen LogP contribution in [-0.4, -0.2) is 74.3 Å². The van der Waals surface area contributed by atoms with Crippen molar-refractivity contribution in [3.8, 4) is 0 Å². The maximum atomic E-state index is 14.1. The maximum Gasteiger partial charge on any atom is 0.405 e. The molecule has 1 heterocycles. The molecule has 5 N–H and O–H groups in total. The summed E-state index contributed by atoms with van der Waals surface area (Å²) in [5.74, 6) is -0.164. The zero-order chi connectivity index (χ0) is 31.4. The van der Waals surface area contributed by atoms with Crippen molar-refractivity contribution < 1.29 is 24.6 Å². The average Bonchev–Trinajstić information content (AvgIpc) is 3.51. The minimum Gasteiger partial charge on any atom is -0.465 e. The molecule has 1 aromatic carbocycles. The lowest BCUT2D eigenvalue weighted by molar-refractivity contribution is -0.141. The van der Waals surface area contributed by atoms with Gasteiger partial charge in [-0.15, -0.1) is 6.58 Å². The van der Waals surface area contributed by atoms with Crippen molar-refractivity contribution >= 4 is 17.9 Å². The molecule has 0 unspecified atom stereocenters. The molecule has 3 rings (SSSR count). The summed E-state index contributed by atoms with van der Waals surface area (Å²) in [7, 11) is 1.51. The van der Waals surface area contributed by atoms with E-state index in [9.17, 15) is 24.6 Å². The Labute approximate surface area is 255 Å². The summed E-state index contributed by atoms with van der Waals surface area (Å²) in [4.78, 5) is 48.0. The molecule has 10 nitrogen and oxygen atoms in total. The number of amides is 3. The lowest BCUT2D eigenvalue weighted by Gasteiger charge is -2.35. The van der Waals surface area contributed by atoms with Crippen LogP contribution in [0.5, 0.6) is 0 Å².